The first-order chi connectivity index (χ1) is 74.8. The number of rotatable bonds is 10. The van der Waals surface area contributed by atoms with Gasteiger partial charge in [0.1, 0.15) is 0 Å². The molecule has 127 heavy (non-hydrogen) atoms. The number of benzene rings is 18. The minimum atomic E-state index is 0.638. The molecule has 11 heteroatoms. The Labute approximate surface area is 791 Å². The molecule has 0 aliphatic heterocycles. The zero-order chi connectivity index (χ0) is 108. The minimum absolute atomic E-state index is 0.638. The third-order valence-corrected chi connectivity index (χ3v) is 28.4. The molecule has 0 spiro atoms. The van der Waals surface area contributed by atoms with E-state index in [0.717, 1.165) is 67.4 Å². The predicted octanol–water partition coefficient (Wildman–Crippen LogP) is 35.2. The summed E-state index contributed by atoms with van der Waals surface area (Å²) in [5, 5.41) is 10.5. The number of fused-ring (bicyclic) bond motifs is 18. The van der Waals surface area contributed by atoms with E-state index in [0.29, 0.717) is 34.9 Å². The summed E-state index contributed by atoms with van der Waals surface area (Å²) in [5.74, 6) is 3.94. The van der Waals surface area contributed by atoms with Crippen molar-refractivity contribution in [1.82, 2.24) is 34.5 Å². The van der Waals surface area contributed by atoms with Crippen molar-refractivity contribution in [1.29, 1.82) is 0 Å². The average Bonchev–Trinajstić information content (AvgIpc) is 1.58. The van der Waals surface area contributed by atoms with Crippen molar-refractivity contribution in [3.8, 4) is 130 Å². The summed E-state index contributed by atoms with van der Waals surface area (Å²) < 4.78 is 131. The Hall–Kier alpha value is -15.1. The molecule has 0 atom stereocenters. The summed E-state index contributed by atoms with van der Waals surface area (Å²) in [6.07, 6.45) is 2.11. The Morgan fingerprint density at radius 1 is 0.213 bits per heavy atom. The van der Waals surface area contributed by atoms with Gasteiger partial charge in [0.2, 0.25) is 0 Å². The Morgan fingerprint density at radius 3 is 0.953 bits per heavy atom. The minimum Gasteiger partial charge on any atom is -0.309 e. The van der Waals surface area contributed by atoms with Gasteiger partial charge >= 0.3 is 0 Å². The summed E-state index contributed by atoms with van der Waals surface area (Å²) in [5.41, 5.74) is 28.3. The van der Waals surface area contributed by atoms with Crippen LogP contribution in [0.1, 0.15) is 57.9 Å². The van der Waals surface area contributed by atoms with Gasteiger partial charge in [0, 0.05) is 150 Å². The normalized spacial score (nSPS) is 12.5. The zero-order valence-electron chi connectivity index (χ0n) is 92.6. The molecular formula is C116H98BrN7S3. The van der Waals surface area contributed by atoms with Crippen LogP contribution in [0.5, 0.6) is 0 Å². The molecule has 0 radical (unpaired) electrons. The van der Waals surface area contributed by atoms with E-state index in [-0.39, 0.29) is 0 Å². The van der Waals surface area contributed by atoms with E-state index in [1.165, 1.54) is 149 Å². The van der Waals surface area contributed by atoms with Gasteiger partial charge in [-0.1, -0.05) is 368 Å². The molecule has 2 aliphatic carbocycles. The van der Waals surface area contributed by atoms with Crippen LogP contribution in [0.25, 0.3) is 212 Å². The topological polar surface area (TPSA) is 82.3 Å². The van der Waals surface area contributed by atoms with Crippen LogP contribution in [0.4, 0.5) is 0 Å². The number of hydrogen-bond donors (Lipinski definition) is 0. The molecule has 0 saturated carbocycles. The van der Waals surface area contributed by atoms with E-state index in [1.807, 2.05) is 180 Å². The predicted molar refractivity (Wildman–Crippen MR) is 564 cm³/mol. The first-order valence-electron chi connectivity index (χ1n) is 54.6. The number of nitrogens with zero attached hydrogens (tertiary/aromatic N) is 7. The number of aromatic nitrogens is 7. The van der Waals surface area contributed by atoms with E-state index in [1.54, 1.807) is 0 Å². The van der Waals surface area contributed by atoms with Gasteiger partial charge in [-0.15, -0.1) is 34.0 Å². The van der Waals surface area contributed by atoms with Crippen molar-refractivity contribution in [2.45, 2.75) is 12.8 Å². The molecule has 7 nitrogen and oxygen atoms in total. The van der Waals surface area contributed by atoms with Crippen molar-refractivity contribution >= 4 is 132 Å². The van der Waals surface area contributed by atoms with Gasteiger partial charge in [-0.05, 0) is 164 Å². The molecule has 6 heterocycles. The molecule has 24 aromatic rings. The van der Waals surface area contributed by atoms with Gasteiger partial charge in [-0.3, -0.25) is 0 Å². The lowest BCUT2D eigenvalue weighted by Gasteiger charge is -2.12. The van der Waals surface area contributed by atoms with Crippen LogP contribution in [-0.4, -0.2) is 34.5 Å². The van der Waals surface area contributed by atoms with Crippen molar-refractivity contribution < 1.29 is 35.6 Å². The molecule has 0 amide bonds. The summed E-state index contributed by atoms with van der Waals surface area (Å²) in [7, 11) is 0. The fourth-order valence-corrected chi connectivity index (χ4v) is 22.3. The second-order valence-corrected chi connectivity index (χ2v) is 36.0. The first kappa shape index (κ1) is 64.7. The highest BCUT2D eigenvalue weighted by atomic mass is 79.9. The summed E-state index contributed by atoms with van der Waals surface area (Å²) >= 11 is 9.19. The highest BCUT2D eigenvalue weighted by molar-refractivity contribution is 9.10. The molecule has 0 unspecified atom stereocenters. The monoisotopic (exact) mass is 1790 g/mol. The molecule has 0 saturated heterocycles. The quantitative estimate of drug-likeness (QED) is 0.136. The van der Waals surface area contributed by atoms with Crippen LogP contribution in [-0.2, 0) is 12.8 Å². The van der Waals surface area contributed by atoms with Gasteiger partial charge in [-0.2, -0.15) is 0 Å². The van der Waals surface area contributed by atoms with Gasteiger partial charge in [-0.25, -0.2) is 29.9 Å². The van der Waals surface area contributed by atoms with E-state index in [4.69, 9.17) is 60.6 Å². The molecule has 622 valence electrons. The van der Waals surface area contributed by atoms with Crippen LogP contribution in [0.3, 0.4) is 0 Å². The molecule has 18 aromatic carbocycles. The van der Waals surface area contributed by atoms with E-state index >= 15 is 0 Å². The SMILES string of the molecule is Brc1cccc(-c2nc(-c3ccccc3)nc(-c3ccccc3)n2)c1.[2H][2H].[2H][2H].[2H][2H].[2H][2H].[2H][2H].[2H][2H].[2H][2H].[2H][2H].[2H][2H].[2H][2H].[2H][2H].[2H][2H].c1ccc(-c2nc(-c3ccccc3)nc(-c3cccc(-n4c5ccccc5c5cc(-c6cccc7c6sc6ccccc67)ccc54)c3)n2)cc1.c1ccc2c(c1)Cc1ccc(-c3cccc4c3sc3ccccc34)cc1-2.c1ccc2c(c1)Cc1ccc(-c3cccc4c3sc3ccccc34)cc1-2. The third-order valence-electron chi connectivity index (χ3n) is 24.3. The largest absolute Gasteiger partial charge is 0.309 e. The maximum Gasteiger partial charge on any atom is 0.164 e. The van der Waals surface area contributed by atoms with Gasteiger partial charge in [0.25, 0.3) is 0 Å². The van der Waals surface area contributed by atoms with Gasteiger partial charge in [0.15, 0.2) is 34.9 Å². The first-order valence-corrected chi connectivity index (χ1v) is 45.9. The van der Waals surface area contributed by atoms with Gasteiger partial charge in [0.05, 0.1) is 11.0 Å². The highest BCUT2D eigenvalue weighted by Gasteiger charge is 2.24. The molecule has 0 N–H and O–H groups in total. The highest BCUT2D eigenvalue weighted by Crippen LogP contribution is 2.48. The number of thiophene rings is 3. The van der Waals surface area contributed by atoms with Crippen molar-refractivity contribution in [3.05, 3.63) is 451 Å². The number of halogens is 1. The fourth-order valence-electron chi connectivity index (χ4n) is 18.2. The molecular weight excluding hydrogens is 1670 g/mol. The van der Waals surface area contributed by atoms with E-state index < -0.39 is 0 Å². The molecule has 6 aromatic heterocycles. The molecule has 0 bridgehead atoms. The van der Waals surface area contributed by atoms with Crippen LogP contribution in [0.2, 0.25) is 0 Å². The second kappa shape index (κ2) is 33.2. The smallest absolute Gasteiger partial charge is 0.164 e. The lowest BCUT2D eigenvalue weighted by molar-refractivity contribution is 1.07. The Bertz CT molecular complexity index is 8140. The Kier molecular flexibility index (Phi) is 16.9. The summed E-state index contributed by atoms with van der Waals surface area (Å²) in [6.45, 7) is 0. The molecule has 0 fully saturated rings. The van der Waals surface area contributed by atoms with Crippen LogP contribution >= 0.6 is 49.9 Å². The number of para-hydroxylation sites is 1. The van der Waals surface area contributed by atoms with Crippen molar-refractivity contribution in [3.63, 3.8) is 0 Å². The van der Waals surface area contributed by atoms with E-state index in [2.05, 4.69) is 305 Å². The Balaban J connectivity index is 0.000000186. The Morgan fingerprint density at radius 2 is 0.520 bits per heavy atom. The molecule has 26 rings (SSSR count). The van der Waals surface area contributed by atoms with E-state index in [9.17, 15) is 0 Å². The van der Waals surface area contributed by atoms with Crippen molar-refractivity contribution in [2.24, 2.45) is 0 Å². The number of hydrogen-bond acceptors (Lipinski definition) is 9. The zero-order valence-corrected chi connectivity index (χ0v) is 72.6. The summed E-state index contributed by atoms with van der Waals surface area (Å²) in [6, 6.07) is 150. The lowest BCUT2D eigenvalue weighted by atomic mass is 9.97. The third kappa shape index (κ3) is 14.6. The maximum absolute atomic E-state index is 5.00. The van der Waals surface area contributed by atoms with Crippen LogP contribution < -0.4 is 0 Å². The maximum atomic E-state index is 5.00. The molecule has 2 aliphatic rings. The lowest BCUT2D eigenvalue weighted by Crippen LogP contribution is -2.01. The van der Waals surface area contributed by atoms with Crippen LogP contribution in [0.15, 0.2) is 429 Å². The van der Waals surface area contributed by atoms with Crippen LogP contribution in [0, 0.1) is 0 Å². The second-order valence-electron chi connectivity index (χ2n) is 32.0. The fraction of sp³-hybridized carbons (Fsp3) is 0.0172. The standard InChI is InChI=1S/C45H28N4S.2C25H16S.C21H14BrN3.12H2/c1-3-13-29(14-4-1)43-46-44(30-15-5-2-6-16-30)48-45(47-43)32-17-11-18-33(27-32)49-39-23-9-7-19-35(39)38-28-31(25-26-40(38)49)34-21-12-22-37-36-20-8-10-24-41(36)50-42(34)37;2*1-2-7-19-16(6-1)14-17-12-13-18(15-23(17)19)20-9-5-10-22-21-8-3-4-11-24(21)26-25(20)22;22-18-13-7-12-17(14-18)21-24-19(15-8-3-1-4-9-15)23-20(25-21)16-10-5-2-6-11-16;;;;;;;;;;;;/h1-28H;2*1-13,15H,14H2;1-14H;12*1H/i;;;;12*1+1D. The average molecular weight is 1790 g/mol. The van der Waals surface area contributed by atoms with Crippen molar-refractivity contribution in [2.75, 3.05) is 0 Å². The summed E-state index contributed by atoms with van der Waals surface area (Å²) in [4.78, 5) is 29.0. The van der Waals surface area contributed by atoms with Gasteiger partial charge < -0.3 is 4.57 Å².